The van der Waals surface area contributed by atoms with Gasteiger partial charge in [-0.05, 0) is 18.6 Å². The van der Waals surface area contributed by atoms with E-state index in [1.165, 1.54) is 0 Å². The van der Waals surface area contributed by atoms with Crippen molar-refractivity contribution in [2.45, 2.75) is 19.0 Å². The third kappa shape index (κ3) is 6.33. The molecule has 2 unspecified atom stereocenters. The lowest BCUT2D eigenvalue weighted by Gasteiger charge is -2.37. The molecule has 2 saturated heterocycles. The third-order valence-electron chi connectivity index (χ3n) is 4.89. The molecule has 146 valence electrons. The first-order chi connectivity index (χ1) is 12.4. The highest BCUT2D eigenvalue weighted by Gasteiger charge is 2.31. The van der Waals surface area contributed by atoms with Crippen LogP contribution in [0.15, 0.2) is 29.4 Å². The highest BCUT2D eigenvalue weighted by Crippen LogP contribution is 2.21. The van der Waals surface area contributed by atoms with Gasteiger partial charge in [0.15, 0.2) is 5.96 Å². The predicted molar refractivity (Wildman–Crippen MR) is 113 cm³/mol. The van der Waals surface area contributed by atoms with Gasteiger partial charge in [0, 0.05) is 51.4 Å². The second kappa shape index (κ2) is 11.7. The van der Waals surface area contributed by atoms with Gasteiger partial charge in [0.05, 0.1) is 32.1 Å². The van der Waals surface area contributed by atoms with Crippen LogP contribution in [0.2, 0.25) is 0 Å². The zero-order valence-corrected chi connectivity index (χ0v) is 17.7. The fraction of sp³-hybridized carbons (Fsp3) is 0.667. The number of aromatic nitrogens is 1. The highest BCUT2D eigenvalue weighted by atomic mass is 127. The largest absolute Gasteiger partial charge is 0.381 e. The number of aliphatic imine (C=N–C) groups is 1. The van der Waals surface area contributed by atoms with Crippen LogP contribution in [0.4, 0.5) is 0 Å². The molecule has 8 heteroatoms. The number of ether oxygens (including phenoxy) is 2. The second-order valence-electron chi connectivity index (χ2n) is 6.47. The summed E-state index contributed by atoms with van der Waals surface area (Å²) in [6.07, 6.45) is 2.94. The first-order valence-electron chi connectivity index (χ1n) is 9.11. The number of morpholine rings is 1. The molecule has 2 fully saturated rings. The summed E-state index contributed by atoms with van der Waals surface area (Å²) in [5.41, 5.74) is 0.999. The fourth-order valence-corrected chi connectivity index (χ4v) is 3.46. The van der Waals surface area contributed by atoms with Gasteiger partial charge in [-0.3, -0.25) is 14.9 Å². The lowest BCUT2D eigenvalue weighted by molar-refractivity contribution is 0.00246. The molecule has 2 aliphatic rings. The number of hydrogen-bond donors (Lipinski definition) is 2. The minimum atomic E-state index is 0. The Morgan fingerprint density at radius 1 is 1.27 bits per heavy atom. The molecular formula is C18H30IN5O2. The van der Waals surface area contributed by atoms with Crippen molar-refractivity contribution in [2.75, 3.05) is 53.1 Å². The summed E-state index contributed by atoms with van der Waals surface area (Å²) >= 11 is 0. The Kier molecular flexibility index (Phi) is 9.58. The summed E-state index contributed by atoms with van der Waals surface area (Å²) in [6, 6.07) is 6.37. The van der Waals surface area contributed by atoms with E-state index in [0.717, 1.165) is 64.1 Å². The first-order valence-corrected chi connectivity index (χ1v) is 9.11. The van der Waals surface area contributed by atoms with Crippen LogP contribution in [0.3, 0.4) is 0 Å². The molecule has 3 heterocycles. The number of hydrogen-bond acceptors (Lipinski definition) is 5. The standard InChI is InChI=1S/C18H29N5O2.HI/c1-19-18(21-12-16-4-2-3-6-20-16)22-13-17(15-5-9-25-14-15)23-7-10-24-11-8-23;/h2-4,6,15,17H,5,7-14H2,1H3,(H2,19,21,22);1H. The maximum atomic E-state index is 5.63. The molecule has 3 rings (SSSR count). The van der Waals surface area contributed by atoms with Crippen molar-refractivity contribution in [3.63, 3.8) is 0 Å². The molecule has 0 spiro atoms. The molecule has 0 aromatic carbocycles. The molecule has 1 aromatic heterocycles. The fourth-order valence-electron chi connectivity index (χ4n) is 3.46. The van der Waals surface area contributed by atoms with Crippen LogP contribution in [0.1, 0.15) is 12.1 Å². The average Bonchev–Trinajstić information content (AvgIpc) is 3.20. The van der Waals surface area contributed by atoms with Crippen LogP contribution in [0, 0.1) is 5.92 Å². The topological polar surface area (TPSA) is 71.0 Å². The van der Waals surface area contributed by atoms with Crippen molar-refractivity contribution in [1.82, 2.24) is 20.5 Å². The summed E-state index contributed by atoms with van der Waals surface area (Å²) in [5, 5.41) is 6.82. The summed E-state index contributed by atoms with van der Waals surface area (Å²) in [6.45, 7) is 6.85. The van der Waals surface area contributed by atoms with Crippen LogP contribution < -0.4 is 10.6 Å². The third-order valence-corrected chi connectivity index (χ3v) is 4.89. The van der Waals surface area contributed by atoms with E-state index in [-0.39, 0.29) is 24.0 Å². The van der Waals surface area contributed by atoms with E-state index in [1.807, 2.05) is 24.4 Å². The average molecular weight is 475 g/mol. The van der Waals surface area contributed by atoms with Crippen molar-refractivity contribution in [3.8, 4) is 0 Å². The van der Waals surface area contributed by atoms with Crippen molar-refractivity contribution < 1.29 is 9.47 Å². The number of guanidine groups is 1. The van der Waals surface area contributed by atoms with E-state index in [9.17, 15) is 0 Å². The van der Waals surface area contributed by atoms with Gasteiger partial charge in [0.2, 0.25) is 0 Å². The van der Waals surface area contributed by atoms with Crippen molar-refractivity contribution in [2.24, 2.45) is 10.9 Å². The number of nitrogens with one attached hydrogen (secondary N) is 2. The maximum Gasteiger partial charge on any atom is 0.191 e. The summed E-state index contributed by atoms with van der Waals surface area (Å²) in [4.78, 5) is 11.2. The molecule has 26 heavy (non-hydrogen) atoms. The van der Waals surface area contributed by atoms with Crippen molar-refractivity contribution in [3.05, 3.63) is 30.1 Å². The van der Waals surface area contributed by atoms with Gasteiger partial charge >= 0.3 is 0 Å². The predicted octanol–water partition coefficient (Wildman–Crippen LogP) is 1.10. The smallest absolute Gasteiger partial charge is 0.191 e. The number of pyridine rings is 1. The first kappa shape index (κ1) is 21.3. The molecule has 2 aliphatic heterocycles. The molecule has 2 N–H and O–H groups in total. The Balaban J connectivity index is 0.00000243. The zero-order chi connectivity index (χ0) is 17.3. The maximum absolute atomic E-state index is 5.63. The molecule has 2 atom stereocenters. The molecular weight excluding hydrogens is 445 g/mol. The molecule has 0 amide bonds. The molecule has 0 bridgehead atoms. The Hall–Kier alpha value is -0.970. The van der Waals surface area contributed by atoms with Crippen LogP contribution in [0.5, 0.6) is 0 Å². The van der Waals surface area contributed by atoms with E-state index in [2.05, 4.69) is 25.5 Å². The van der Waals surface area contributed by atoms with Crippen molar-refractivity contribution in [1.29, 1.82) is 0 Å². The Morgan fingerprint density at radius 2 is 2.12 bits per heavy atom. The zero-order valence-electron chi connectivity index (χ0n) is 15.4. The van der Waals surface area contributed by atoms with Gasteiger partial charge in [-0.2, -0.15) is 0 Å². The van der Waals surface area contributed by atoms with E-state index in [0.29, 0.717) is 18.5 Å². The summed E-state index contributed by atoms with van der Waals surface area (Å²) < 4.78 is 11.1. The minimum absolute atomic E-state index is 0. The molecule has 1 aromatic rings. The minimum Gasteiger partial charge on any atom is -0.381 e. The highest BCUT2D eigenvalue weighted by molar-refractivity contribution is 14.0. The van der Waals surface area contributed by atoms with E-state index < -0.39 is 0 Å². The van der Waals surface area contributed by atoms with Crippen LogP contribution in [0.25, 0.3) is 0 Å². The van der Waals surface area contributed by atoms with Crippen LogP contribution in [-0.2, 0) is 16.0 Å². The van der Waals surface area contributed by atoms with Gasteiger partial charge in [0.25, 0.3) is 0 Å². The lowest BCUT2D eigenvalue weighted by Crippen LogP contribution is -2.53. The Morgan fingerprint density at radius 3 is 2.77 bits per heavy atom. The number of halogens is 1. The molecule has 0 saturated carbocycles. The van der Waals surface area contributed by atoms with Crippen LogP contribution >= 0.6 is 24.0 Å². The van der Waals surface area contributed by atoms with Gasteiger partial charge in [-0.15, -0.1) is 24.0 Å². The van der Waals surface area contributed by atoms with E-state index in [1.54, 1.807) is 7.05 Å². The van der Waals surface area contributed by atoms with Gasteiger partial charge < -0.3 is 20.1 Å². The number of nitrogens with zero attached hydrogens (tertiary/aromatic N) is 3. The van der Waals surface area contributed by atoms with Gasteiger partial charge in [0.1, 0.15) is 0 Å². The molecule has 7 nitrogen and oxygen atoms in total. The van der Waals surface area contributed by atoms with E-state index in [4.69, 9.17) is 9.47 Å². The van der Waals surface area contributed by atoms with Gasteiger partial charge in [-0.25, -0.2) is 0 Å². The molecule has 0 radical (unpaired) electrons. The normalized spacial score (nSPS) is 22.5. The quantitative estimate of drug-likeness (QED) is 0.365. The monoisotopic (exact) mass is 475 g/mol. The second-order valence-corrected chi connectivity index (χ2v) is 6.47. The van der Waals surface area contributed by atoms with Gasteiger partial charge in [-0.1, -0.05) is 6.07 Å². The molecule has 0 aliphatic carbocycles. The lowest BCUT2D eigenvalue weighted by atomic mass is 9.97. The SMILES string of the molecule is CN=C(NCc1ccccn1)NCC(C1CCOC1)N1CCOCC1.I. The Labute approximate surface area is 173 Å². The summed E-state index contributed by atoms with van der Waals surface area (Å²) in [5.74, 6) is 1.38. The number of rotatable bonds is 6. The Bertz CT molecular complexity index is 534. The van der Waals surface area contributed by atoms with E-state index >= 15 is 0 Å². The summed E-state index contributed by atoms with van der Waals surface area (Å²) in [7, 11) is 1.80. The van der Waals surface area contributed by atoms with Crippen molar-refractivity contribution >= 4 is 29.9 Å². The van der Waals surface area contributed by atoms with Crippen LogP contribution in [-0.4, -0.2) is 75.0 Å².